The van der Waals surface area contributed by atoms with Gasteiger partial charge in [-0.05, 0) is 38.6 Å². The van der Waals surface area contributed by atoms with E-state index in [2.05, 4.69) is 16.4 Å². The van der Waals surface area contributed by atoms with Crippen molar-refractivity contribution in [2.24, 2.45) is 0 Å². The number of aryl methyl sites for hydroxylation is 1. The van der Waals surface area contributed by atoms with Gasteiger partial charge < -0.3 is 16.8 Å². The summed E-state index contributed by atoms with van der Waals surface area (Å²) < 4.78 is 0. The quantitative estimate of drug-likeness (QED) is 0.646. The fraction of sp³-hybridized carbons (Fsp3) is 0.364. The van der Waals surface area contributed by atoms with Crippen LogP contribution in [0.25, 0.3) is 6.08 Å². The van der Waals surface area contributed by atoms with Gasteiger partial charge in [0.2, 0.25) is 0 Å². The van der Waals surface area contributed by atoms with Crippen molar-refractivity contribution in [1.82, 2.24) is 10.3 Å². The zero-order valence-electron chi connectivity index (χ0n) is 9.25. The van der Waals surface area contributed by atoms with Crippen LogP contribution in [0.4, 0.5) is 11.5 Å². The van der Waals surface area contributed by atoms with Crippen LogP contribution in [0.1, 0.15) is 17.7 Å². The van der Waals surface area contributed by atoms with Gasteiger partial charge in [0, 0.05) is 5.69 Å². The third-order valence-corrected chi connectivity index (χ3v) is 2.17. The Morgan fingerprint density at radius 1 is 1.47 bits per heavy atom. The van der Waals surface area contributed by atoms with Gasteiger partial charge in [0.1, 0.15) is 5.82 Å². The highest BCUT2D eigenvalue weighted by molar-refractivity contribution is 5.65. The zero-order valence-corrected chi connectivity index (χ0v) is 9.25. The van der Waals surface area contributed by atoms with E-state index >= 15 is 0 Å². The van der Waals surface area contributed by atoms with Crippen LogP contribution < -0.4 is 16.8 Å². The number of nitrogens with two attached hydrogens (primary N) is 2. The number of pyridine rings is 1. The molecule has 15 heavy (non-hydrogen) atoms. The van der Waals surface area contributed by atoms with Crippen LogP contribution in [-0.2, 0) is 0 Å². The smallest absolute Gasteiger partial charge is 0.146 e. The van der Waals surface area contributed by atoms with Crippen molar-refractivity contribution in [2.75, 3.05) is 25.1 Å². The molecule has 4 nitrogen and oxygen atoms in total. The maximum atomic E-state index is 5.69. The van der Waals surface area contributed by atoms with Gasteiger partial charge in [0.05, 0.1) is 5.69 Å². The second-order valence-corrected chi connectivity index (χ2v) is 3.43. The number of nitrogens with zero attached hydrogens (tertiary/aromatic N) is 1. The fourth-order valence-electron chi connectivity index (χ4n) is 1.26. The molecule has 0 amide bonds. The first-order valence-electron chi connectivity index (χ1n) is 4.99. The van der Waals surface area contributed by atoms with Gasteiger partial charge in [-0.25, -0.2) is 4.98 Å². The molecule has 0 aromatic carbocycles. The van der Waals surface area contributed by atoms with Crippen molar-refractivity contribution in [3.63, 3.8) is 0 Å². The Hall–Kier alpha value is -1.55. The first-order valence-corrected chi connectivity index (χ1v) is 4.99. The minimum atomic E-state index is 0.403. The lowest BCUT2D eigenvalue weighted by molar-refractivity contribution is 0.809. The summed E-state index contributed by atoms with van der Waals surface area (Å²) in [6.07, 6.45) is 5.10. The molecule has 1 heterocycles. The minimum Gasteiger partial charge on any atom is -0.396 e. The Labute approximate surface area is 90.4 Å². The van der Waals surface area contributed by atoms with E-state index in [0.29, 0.717) is 11.5 Å². The topological polar surface area (TPSA) is 77.0 Å². The van der Waals surface area contributed by atoms with Crippen LogP contribution in [0, 0.1) is 6.92 Å². The molecule has 0 aliphatic rings. The number of anilines is 2. The Morgan fingerprint density at radius 2 is 2.20 bits per heavy atom. The molecule has 0 saturated heterocycles. The summed E-state index contributed by atoms with van der Waals surface area (Å²) in [6.45, 7) is 2.89. The number of rotatable bonds is 4. The largest absolute Gasteiger partial charge is 0.396 e. The summed E-state index contributed by atoms with van der Waals surface area (Å²) in [6, 6.07) is 1.85. The van der Waals surface area contributed by atoms with Crippen molar-refractivity contribution in [3.8, 4) is 0 Å². The summed E-state index contributed by atoms with van der Waals surface area (Å²) in [5.41, 5.74) is 13.7. The molecule has 82 valence electrons. The fourth-order valence-corrected chi connectivity index (χ4v) is 1.26. The summed E-state index contributed by atoms with van der Waals surface area (Å²) in [4.78, 5) is 4.16. The number of nitrogens with one attached hydrogen (secondary N) is 1. The van der Waals surface area contributed by atoms with Gasteiger partial charge >= 0.3 is 0 Å². The Morgan fingerprint density at radius 3 is 2.87 bits per heavy atom. The maximum absolute atomic E-state index is 5.69. The summed E-state index contributed by atoms with van der Waals surface area (Å²) in [7, 11) is 1.93. The highest BCUT2D eigenvalue weighted by Crippen LogP contribution is 2.17. The highest BCUT2D eigenvalue weighted by Gasteiger charge is 2.00. The van der Waals surface area contributed by atoms with Crippen molar-refractivity contribution in [1.29, 1.82) is 0 Å². The number of hydrogen-bond donors (Lipinski definition) is 3. The van der Waals surface area contributed by atoms with Gasteiger partial charge in [-0.1, -0.05) is 12.2 Å². The van der Waals surface area contributed by atoms with E-state index in [1.165, 1.54) is 0 Å². The van der Waals surface area contributed by atoms with Crippen LogP contribution in [-0.4, -0.2) is 18.6 Å². The van der Waals surface area contributed by atoms with E-state index in [0.717, 1.165) is 24.2 Å². The third-order valence-electron chi connectivity index (χ3n) is 2.17. The third kappa shape index (κ3) is 3.25. The standard InChI is InChI=1S/C11H18N4/c1-8-9(5-3-4-6-14-2)7-10(12)11(13)15-8/h3,5,7,14H,4,6,12H2,1-2H3,(H2,13,15). The molecule has 1 rings (SSSR count). The summed E-state index contributed by atoms with van der Waals surface area (Å²) >= 11 is 0. The Kier molecular flexibility index (Phi) is 4.12. The maximum Gasteiger partial charge on any atom is 0.146 e. The minimum absolute atomic E-state index is 0.403. The van der Waals surface area contributed by atoms with Crippen molar-refractivity contribution < 1.29 is 0 Å². The second-order valence-electron chi connectivity index (χ2n) is 3.43. The van der Waals surface area contributed by atoms with Crippen LogP contribution >= 0.6 is 0 Å². The van der Waals surface area contributed by atoms with E-state index in [9.17, 15) is 0 Å². The molecule has 0 aliphatic heterocycles. The lowest BCUT2D eigenvalue weighted by Gasteiger charge is -2.04. The van der Waals surface area contributed by atoms with Gasteiger partial charge in [-0.2, -0.15) is 0 Å². The molecule has 0 saturated carbocycles. The lowest BCUT2D eigenvalue weighted by atomic mass is 10.1. The molecule has 1 aromatic rings. The average Bonchev–Trinajstić information content (AvgIpc) is 2.20. The SMILES string of the molecule is CNCCC=Cc1cc(N)c(N)nc1C. The van der Waals surface area contributed by atoms with E-state index in [-0.39, 0.29) is 0 Å². The van der Waals surface area contributed by atoms with Crippen LogP contribution in [0.5, 0.6) is 0 Å². The molecular formula is C11H18N4. The molecule has 0 unspecified atom stereocenters. The normalized spacial score (nSPS) is 11.1. The molecular weight excluding hydrogens is 188 g/mol. The first-order chi connectivity index (χ1) is 7.15. The van der Waals surface area contributed by atoms with Crippen LogP contribution in [0.3, 0.4) is 0 Å². The molecule has 0 bridgehead atoms. The molecule has 0 aliphatic carbocycles. The summed E-state index contributed by atoms with van der Waals surface area (Å²) in [5, 5.41) is 3.08. The average molecular weight is 206 g/mol. The molecule has 4 heteroatoms. The van der Waals surface area contributed by atoms with Crippen LogP contribution in [0.2, 0.25) is 0 Å². The van der Waals surface area contributed by atoms with Gasteiger partial charge in [-0.15, -0.1) is 0 Å². The van der Waals surface area contributed by atoms with E-state index in [4.69, 9.17) is 11.5 Å². The predicted octanol–water partition coefficient (Wildman–Crippen LogP) is 1.18. The van der Waals surface area contributed by atoms with E-state index in [1.807, 2.05) is 26.1 Å². The molecule has 0 atom stereocenters. The number of aromatic nitrogens is 1. The van der Waals surface area contributed by atoms with Gasteiger partial charge in [0.15, 0.2) is 0 Å². The Balaban J connectivity index is 2.77. The monoisotopic (exact) mass is 206 g/mol. The highest BCUT2D eigenvalue weighted by atomic mass is 14.9. The molecule has 5 N–H and O–H groups in total. The predicted molar refractivity (Wildman–Crippen MR) is 65.4 cm³/mol. The van der Waals surface area contributed by atoms with Crippen molar-refractivity contribution in [2.45, 2.75) is 13.3 Å². The molecule has 0 spiro atoms. The number of hydrogen-bond acceptors (Lipinski definition) is 4. The van der Waals surface area contributed by atoms with Gasteiger partial charge in [0.25, 0.3) is 0 Å². The zero-order chi connectivity index (χ0) is 11.3. The number of nitrogen functional groups attached to an aromatic ring is 2. The Bertz CT molecular complexity index is 358. The van der Waals surface area contributed by atoms with E-state index < -0.39 is 0 Å². The van der Waals surface area contributed by atoms with Crippen molar-refractivity contribution in [3.05, 3.63) is 23.4 Å². The molecule has 0 fully saturated rings. The van der Waals surface area contributed by atoms with Crippen molar-refractivity contribution >= 4 is 17.6 Å². The van der Waals surface area contributed by atoms with Gasteiger partial charge in [-0.3, -0.25) is 0 Å². The summed E-state index contributed by atoms with van der Waals surface area (Å²) in [5.74, 6) is 0.403. The van der Waals surface area contributed by atoms with E-state index in [1.54, 1.807) is 0 Å². The molecule has 1 aromatic heterocycles. The molecule has 0 radical (unpaired) electrons. The first kappa shape index (κ1) is 11.5. The second kappa shape index (κ2) is 5.36. The lowest BCUT2D eigenvalue weighted by Crippen LogP contribution is -2.05. The van der Waals surface area contributed by atoms with Crippen LogP contribution in [0.15, 0.2) is 12.1 Å².